The number of fused-ring (bicyclic) bond motifs is 2. The van der Waals surface area contributed by atoms with E-state index in [0.717, 1.165) is 38.5 Å². The van der Waals surface area contributed by atoms with Crippen LogP contribution in [0.5, 0.6) is 11.5 Å². The van der Waals surface area contributed by atoms with Crippen molar-refractivity contribution in [3.05, 3.63) is 46.5 Å². The predicted octanol–water partition coefficient (Wildman–Crippen LogP) is 5.08. The van der Waals surface area contributed by atoms with Crippen molar-refractivity contribution in [2.45, 2.75) is 52.4 Å². The number of carbonyl (C=O) groups is 2. The molecule has 2 aromatic rings. The summed E-state index contributed by atoms with van der Waals surface area (Å²) in [7, 11) is 0. The first-order valence-corrected chi connectivity index (χ1v) is 10.8. The molecule has 0 aliphatic heterocycles. The summed E-state index contributed by atoms with van der Waals surface area (Å²) in [6.45, 7) is 5.53. The number of rotatable bonds is 10. The monoisotopic (exact) mass is 410 g/mol. The zero-order chi connectivity index (χ0) is 21.7. The average molecular weight is 411 g/mol. The van der Waals surface area contributed by atoms with Crippen molar-refractivity contribution in [3.8, 4) is 11.5 Å². The van der Waals surface area contributed by atoms with E-state index in [9.17, 15) is 19.8 Å². The number of anilines is 2. The number of hydrogen-bond donors (Lipinski definition) is 4. The molecular formula is C24H30N2O4. The van der Waals surface area contributed by atoms with Gasteiger partial charge >= 0.3 is 0 Å². The molecule has 0 spiro atoms. The number of ketones is 2. The van der Waals surface area contributed by atoms with Crippen molar-refractivity contribution in [3.63, 3.8) is 0 Å². The number of benzene rings is 2. The third-order valence-electron chi connectivity index (χ3n) is 5.47. The minimum Gasteiger partial charge on any atom is -0.507 e. The van der Waals surface area contributed by atoms with Crippen molar-refractivity contribution in [1.29, 1.82) is 0 Å². The van der Waals surface area contributed by atoms with Crippen LogP contribution in [0.2, 0.25) is 0 Å². The Balaban J connectivity index is 2.02. The Bertz CT molecular complexity index is 875. The van der Waals surface area contributed by atoms with Crippen LogP contribution in [0.25, 0.3) is 0 Å². The fourth-order valence-electron chi connectivity index (χ4n) is 3.86. The highest BCUT2D eigenvalue weighted by Gasteiger charge is 2.37. The van der Waals surface area contributed by atoms with Crippen LogP contribution in [0.15, 0.2) is 24.3 Å². The molecule has 6 heteroatoms. The van der Waals surface area contributed by atoms with E-state index in [0.29, 0.717) is 24.5 Å². The zero-order valence-corrected chi connectivity index (χ0v) is 17.7. The molecule has 160 valence electrons. The van der Waals surface area contributed by atoms with Gasteiger partial charge in [0, 0.05) is 24.5 Å². The molecule has 1 aliphatic carbocycles. The van der Waals surface area contributed by atoms with Crippen LogP contribution >= 0.6 is 0 Å². The van der Waals surface area contributed by atoms with Crippen LogP contribution in [-0.2, 0) is 0 Å². The van der Waals surface area contributed by atoms with E-state index in [1.807, 2.05) is 0 Å². The largest absolute Gasteiger partial charge is 0.507 e. The van der Waals surface area contributed by atoms with Crippen LogP contribution in [0.4, 0.5) is 11.4 Å². The maximum absolute atomic E-state index is 13.4. The lowest BCUT2D eigenvalue weighted by molar-refractivity contribution is 0.0975. The SMILES string of the molecule is CCCCCNc1ccc(O)c2c1C(=O)c1c(O)ccc(NCCCCC)c1C2=O. The maximum atomic E-state index is 13.4. The first-order valence-electron chi connectivity index (χ1n) is 10.8. The lowest BCUT2D eigenvalue weighted by atomic mass is 9.81. The molecule has 0 heterocycles. The first kappa shape index (κ1) is 21.7. The summed E-state index contributed by atoms with van der Waals surface area (Å²) < 4.78 is 0. The molecule has 0 aromatic heterocycles. The quantitative estimate of drug-likeness (QED) is 0.275. The average Bonchev–Trinajstić information content (AvgIpc) is 2.74. The molecule has 4 N–H and O–H groups in total. The molecule has 1 aliphatic rings. The van der Waals surface area contributed by atoms with Gasteiger partial charge in [-0.25, -0.2) is 0 Å². The van der Waals surface area contributed by atoms with Crippen molar-refractivity contribution in [2.24, 2.45) is 0 Å². The van der Waals surface area contributed by atoms with Gasteiger partial charge in [0.25, 0.3) is 0 Å². The van der Waals surface area contributed by atoms with Gasteiger partial charge in [0.15, 0.2) is 0 Å². The zero-order valence-electron chi connectivity index (χ0n) is 17.7. The van der Waals surface area contributed by atoms with Crippen LogP contribution in [0, 0.1) is 0 Å². The summed E-state index contributed by atoms with van der Waals surface area (Å²) in [4.78, 5) is 26.7. The van der Waals surface area contributed by atoms with Gasteiger partial charge in [0.1, 0.15) is 11.5 Å². The van der Waals surface area contributed by atoms with Crippen LogP contribution in [-0.4, -0.2) is 34.9 Å². The lowest BCUT2D eigenvalue weighted by Gasteiger charge is -2.24. The van der Waals surface area contributed by atoms with E-state index in [2.05, 4.69) is 24.5 Å². The maximum Gasteiger partial charge on any atom is 0.200 e. The van der Waals surface area contributed by atoms with Gasteiger partial charge in [-0.1, -0.05) is 39.5 Å². The van der Waals surface area contributed by atoms with Gasteiger partial charge in [0.05, 0.1) is 22.3 Å². The number of nitrogens with one attached hydrogen (secondary N) is 2. The summed E-state index contributed by atoms with van der Waals surface area (Å²) in [5.41, 5.74) is 1.25. The molecular weight excluding hydrogens is 380 g/mol. The fourth-order valence-corrected chi connectivity index (χ4v) is 3.86. The summed E-state index contributed by atoms with van der Waals surface area (Å²) in [6, 6.07) is 6.10. The minimum absolute atomic E-state index is 0.00444. The van der Waals surface area contributed by atoms with Gasteiger partial charge in [-0.05, 0) is 37.1 Å². The van der Waals surface area contributed by atoms with Gasteiger partial charge in [0.2, 0.25) is 11.6 Å². The lowest BCUT2D eigenvalue weighted by Crippen LogP contribution is -2.24. The van der Waals surface area contributed by atoms with Crippen molar-refractivity contribution >= 4 is 22.9 Å². The molecule has 0 atom stereocenters. The molecule has 3 rings (SSSR count). The molecule has 6 nitrogen and oxygen atoms in total. The minimum atomic E-state index is -0.455. The second-order valence-corrected chi connectivity index (χ2v) is 7.69. The molecule has 2 aromatic carbocycles. The van der Waals surface area contributed by atoms with E-state index in [4.69, 9.17) is 0 Å². The van der Waals surface area contributed by atoms with Crippen LogP contribution in [0.1, 0.15) is 84.2 Å². The Kier molecular flexibility index (Phi) is 6.98. The molecule has 30 heavy (non-hydrogen) atoms. The molecule has 0 bridgehead atoms. The van der Waals surface area contributed by atoms with Gasteiger partial charge in [-0.15, -0.1) is 0 Å². The van der Waals surface area contributed by atoms with E-state index in [1.54, 1.807) is 12.1 Å². The van der Waals surface area contributed by atoms with Gasteiger partial charge in [-0.3, -0.25) is 9.59 Å². The first-order chi connectivity index (χ1) is 14.5. The second kappa shape index (κ2) is 9.65. The topological polar surface area (TPSA) is 98.7 Å². The van der Waals surface area contributed by atoms with E-state index >= 15 is 0 Å². The Morgan fingerprint density at radius 2 is 1.03 bits per heavy atom. The summed E-state index contributed by atoms with van der Waals surface area (Å²) in [5.74, 6) is -1.37. The molecule has 0 unspecified atom stereocenters. The molecule has 0 saturated carbocycles. The molecule has 0 fully saturated rings. The number of carbonyl (C=O) groups excluding carboxylic acids is 2. The number of hydrogen-bond acceptors (Lipinski definition) is 6. The molecule has 0 amide bonds. The summed E-state index contributed by atoms with van der Waals surface area (Å²) in [5, 5.41) is 27.3. The van der Waals surface area contributed by atoms with Gasteiger partial charge in [-0.2, -0.15) is 0 Å². The molecule has 0 saturated heterocycles. The fraction of sp³-hybridized carbons (Fsp3) is 0.417. The number of unbranched alkanes of at least 4 members (excludes halogenated alkanes) is 4. The second-order valence-electron chi connectivity index (χ2n) is 7.69. The predicted molar refractivity (Wildman–Crippen MR) is 119 cm³/mol. The van der Waals surface area contributed by atoms with Crippen molar-refractivity contribution < 1.29 is 19.8 Å². The third kappa shape index (κ3) is 4.13. The Morgan fingerprint density at radius 3 is 1.40 bits per heavy atom. The van der Waals surface area contributed by atoms with Crippen molar-refractivity contribution in [1.82, 2.24) is 0 Å². The van der Waals surface area contributed by atoms with Gasteiger partial charge < -0.3 is 20.8 Å². The standard InChI is InChI=1S/C24H30N2O4/c1-3-5-7-13-25-15-9-11-17(27)21-19(15)23(29)22-18(28)12-10-16(20(22)24(21)30)26-14-8-6-4-2/h9-12,25-28H,3-8,13-14H2,1-2H3. The number of phenolic OH excluding ortho intramolecular Hbond substituents is 2. The van der Waals surface area contributed by atoms with E-state index in [1.165, 1.54) is 12.1 Å². The molecule has 0 radical (unpaired) electrons. The highest BCUT2D eigenvalue weighted by Crippen LogP contribution is 2.42. The van der Waals surface area contributed by atoms with Crippen molar-refractivity contribution in [2.75, 3.05) is 23.7 Å². The van der Waals surface area contributed by atoms with Crippen LogP contribution in [0.3, 0.4) is 0 Å². The third-order valence-corrected chi connectivity index (χ3v) is 5.47. The smallest absolute Gasteiger partial charge is 0.200 e. The summed E-state index contributed by atoms with van der Waals surface area (Å²) >= 11 is 0. The Morgan fingerprint density at radius 1 is 0.633 bits per heavy atom. The Labute approximate surface area is 177 Å². The number of aromatic hydroxyl groups is 2. The van der Waals surface area contributed by atoms with Crippen LogP contribution < -0.4 is 10.6 Å². The van der Waals surface area contributed by atoms with E-state index < -0.39 is 11.6 Å². The number of phenols is 2. The Hall–Kier alpha value is -3.02. The van der Waals surface area contributed by atoms with E-state index in [-0.39, 0.29) is 33.8 Å². The summed E-state index contributed by atoms with van der Waals surface area (Å²) in [6.07, 6.45) is 6.11. The highest BCUT2D eigenvalue weighted by molar-refractivity contribution is 6.33. The normalized spacial score (nSPS) is 12.5. The highest BCUT2D eigenvalue weighted by atomic mass is 16.3.